The lowest BCUT2D eigenvalue weighted by atomic mass is 10.1. The van der Waals surface area contributed by atoms with Gasteiger partial charge in [-0.15, -0.1) is 5.10 Å². The third-order valence-corrected chi connectivity index (χ3v) is 5.36. The van der Waals surface area contributed by atoms with Crippen LogP contribution in [0, 0.1) is 0 Å². The molecule has 0 saturated carbocycles. The molecule has 36 heavy (non-hydrogen) atoms. The summed E-state index contributed by atoms with van der Waals surface area (Å²) in [5.74, 6) is 0.388. The Morgan fingerprint density at radius 1 is 1.00 bits per heavy atom. The molecule has 5 aromatic rings. The molecule has 0 fully saturated rings. The number of alkyl halides is 6. The van der Waals surface area contributed by atoms with Gasteiger partial charge in [0.05, 0.1) is 29.3 Å². The highest BCUT2D eigenvalue weighted by atomic mass is 19.4. The molecule has 14 heteroatoms. The minimum atomic E-state index is -5.08. The number of aromatic nitrogens is 5. The van der Waals surface area contributed by atoms with Gasteiger partial charge in [0.2, 0.25) is 0 Å². The average molecular weight is 504 g/mol. The molecule has 1 amide bonds. The Balaban J connectivity index is 1.64. The van der Waals surface area contributed by atoms with E-state index in [0.29, 0.717) is 38.6 Å². The Morgan fingerprint density at radius 2 is 1.75 bits per heavy atom. The molecular weight excluding hydrogens is 494 g/mol. The minimum Gasteiger partial charge on any atom is -0.345 e. The molecule has 0 unspecified atom stereocenters. The van der Waals surface area contributed by atoms with Crippen LogP contribution in [-0.4, -0.2) is 36.8 Å². The molecule has 0 spiro atoms. The number of nitrogens with one attached hydrogen (secondary N) is 2. The summed E-state index contributed by atoms with van der Waals surface area (Å²) >= 11 is 0. The highest BCUT2D eigenvalue weighted by Crippen LogP contribution is 2.37. The molecule has 3 heterocycles. The third kappa shape index (κ3) is 3.73. The van der Waals surface area contributed by atoms with E-state index in [1.807, 2.05) is 5.32 Å². The number of aromatic amines is 1. The normalized spacial score (nSPS) is 12.3. The number of halogens is 6. The topological polar surface area (TPSA) is 106 Å². The zero-order valence-corrected chi connectivity index (χ0v) is 17.5. The fraction of sp³-hybridized carbons (Fsp3) is 0.0909. The second-order valence-electron chi connectivity index (χ2n) is 7.56. The van der Waals surface area contributed by atoms with Gasteiger partial charge in [0.1, 0.15) is 5.35 Å². The molecule has 0 atom stereocenters. The maximum atomic E-state index is 14.2. The fourth-order valence-corrected chi connectivity index (χ4v) is 3.91. The molecule has 0 saturated heterocycles. The maximum Gasteiger partial charge on any atom is 0.435 e. The third-order valence-electron chi connectivity index (χ3n) is 5.36. The summed E-state index contributed by atoms with van der Waals surface area (Å²) < 4.78 is 81.6. The van der Waals surface area contributed by atoms with Crippen LogP contribution in [0.25, 0.3) is 27.4 Å². The van der Waals surface area contributed by atoms with Gasteiger partial charge in [-0.05, 0) is 18.2 Å². The van der Waals surface area contributed by atoms with E-state index in [1.165, 1.54) is 24.3 Å². The van der Waals surface area contributed by atoms with E-state index in [9.17, 15) is 35.9 Å². The van der Waals surface area contributed by atoms with Crippen molar-refractivity contribution < 1.29 is 35.9 Å². The molecule has 0 radical (unpaired) electrons. The highest BCUT2D eigenvalue weighted by Gasteiger charge is 2.41. The monoisotopic (exact) mass is 504 g/mol. The smallest absolute Gasteiger partial charge is 0.345 e. The van der Waals surface area contributed by atoms with Crippen molar-refractivity contribution in [3.05, 3.63) is 71.1 Å². The lowest BCUT2D eigenvalue weighted by Gasteiger charge is -2.14. The summed E-state index contributed by atoms with van der Waals surface area (Å²) in [6.45, 7) is 0. The number of nitrogens with zero attached hydrogens (tertiary/aromatic N) is 4. The number of hydrogen-bond donors (Lipinski definition) is 2. The molecule has 182 valence electrons. The molecule has 0 bridgehead atoms. The number of benzene rings is 2. The van der Waals surface area contributed by atoms with E-state index < -0.39 is 40.9 Å². The lowest BCUT2D eigenvalue weighted by Crippen LogP contribution is -2.21. The number of rotatable bonds is 3. The summed E-state index contributed by atoms with van der Waals surface area (Å²) in [6, 6.07) is 7.88. The molecule has 8 nitrogen and oxygen atoms in total. The molecular formula is C22H10F6N6O2. The van der Waals surface area contributed by atoms with Crippen LogP contribution in [0.5, 0.6) is 0 Å². The number of carbonyl (C=O) groups excluding carboxylic acids is 2. The van der Waals surface area contributed by atoms with Gasteiger partial charge < -0.3 is 10.3 Å². The van der Waals surface area contributed by atoms with Crippen molar-refractivity contribution in [1.29, 1.82) is 0 Å². The Morgan fingerprint density at radius 3 is 2.44 bits per heavy atom. The van der Waals surface area contributed by atoms with Crippen LogP contribution in [0.4, 0.5) is 32.0 Å². The van der Waals surface area contributed by atoms with E-state index in [1.54, 1.807) is 12.0 Å². The number of carbonyl (C=O) groups is 1. The fourth-order valence-electron chi connectivity index (χ4n) is 3.91. The largest absolute Gasteiger partial charge is 0.435 e. The van der Waals surface area contributed by atoms with Gasteiger partial charge in [-0.2, -0.15) is 36.5 Å². The van der Waals surface area contributed by atoms with Crippen molar-refractivity contribution in [2.75, 3.05) is 5.32 Å². The summed E-state index contributed by atoms with van der Waals surface area (Å²) in [5.41, 5.74) is -3.88. The van der Waals surface area contributed by atoms with Crippen molar-refractivity contribution in [2.45, 2.75) is 12.4 Å². The Kier molecular flexibility index (Phi) is 5.07. The van der Waals surface area contributed by atoms with Crippen LogP contribution in [0.2, 0.25) is 0 Å². The van der Waals surface area contributed by atoms with E-state index in [2.05, 4.69) is 20.3 Å². The van der Waals surface area contributed by atoms with Gasteiger partial charge in [0, 0.05) is 21.7 Å². The van der Waals surface area contributed by atoms with Crippen molar-refractivity contribution in [3.8, 4) is 5.69 Å². The summed E-state index contributed by atoms with van der Waals surface area (Å²) in [5, 5.41) is 13.1. The first kappa shape index (κ1) is 23.1. The second kappa shape index (κ2) is 7.92. The Labute approximate surface area is 195 Å². The van der Waals surface area contributed by atoms with Crippen molar-refractivity contribution in [3.63, 3.8) is 0 Å². The molecule has 0 aliphatic rings. The lowest BCUT2D eigenvalue weighted by molar-refractivity contribution is -0.143. The van der Waals surface area contributed by atoms with E-state index in [0.717, 1.165) is 6.20 Å². The van der Waals surface area contributed by atoms with E-state index in [4.69, 9.17) is 0 Å². The van der Waals surface area contributed by atoms with Crippen LogP contribution in [0.15, 0.2) is 48.8 Å². The SMILES string of the molecule is O=C=c1[nH]c2ccc(-n3ncc(C(=O)Nc4cnnc(C(F)(F)F)c4)c3C(F)(F)F)c3cccc1c23. The predicted octanol–water partition coefficient (Wildman–Crippen LogP) is 3.81. The molecule has 5 rings (SSSR count). The van der Waals surface area contributed by atoms with Gasteiger partial charge in [-0.25, -0.2) is 9.48 Å². The van der Waals surface area contributed by atoms with E-state index in [-0.39, 0.29) is 11.0 Å². The van der Waals surface area contributed by atoms with Gasteiger partial charge in [-0.3, -0.25) is 4.79 Å². The molecule has 2 N–H and O–H groups in total. The highest BCUT2D eigenvalue weighted by molar-refractivity contribution is 6.13. The van der Waals surface area contributed by atoms with Gasteiger partial charge in [0.25, 0.3) is 5.91 Å². The van der Waals surface area contributed by atoms with Crippen LogP contribution in [-0.2, 0) is 17.1 Å². The van der Waals surface area contributed by atoms with Crippen LogP contribution < -0.4 is 10.7 Å². The second-order valence-corrected chi connectivity index (χ2v) is 7.56. The van der Waals surface area contributed by atoms with Crippen molar-refractivity contribution >= 4 is 39.2 Å². The number of H-pyrrole nitrogens is 1. The molecule has 0 aliphatic carbocycles. The standard InChI is InChI=1S/C22H10F6N6O2/c23-21(24,25)17-6-10(7-29-33-17)31-20(36)13-8-30-34(19(13)22(26,27)28)16-5-4-14-18-11(15(9-35)32-14)2-1-3-12(16)18/h1-8,32H,(H,31,33,36). The summed E-state index contributed by atoms with van der Waals surface area (Å²) in [4.78, 5) is 26.8. The summed E-state index contributed by atoms with van der Waals surface area (Å²) in [7, 11) is 0. The van der Waals surface area contributed by atoms with Crippen LogP contribution in [0.1, 0.15) is 21.7 Å². The van der Waals surface area contributed by atoms with E-state index >= 15 is 0 Å². The number of anilines is 1. The molecule has 3 aromatic heterocycles. The zero-order valence-electron chi connectivity index (χ0n) is 17.5. The zero-order chi connectivity index (χ0) is 25.8. The van der Waals surface area contributed by atoms with Crippen LogP contribution >= 0.6 is 0 Å². The predicted molar refractivity (Wildman–Crippen MR) is 113 cm³/mol. The van der Waals surface area contributed by atoms with Gasteiger partial charge in [-0.1, -0.05) is 18.2 Å². The Hall–Kier alpha value is -4.71. The van der Waals surface area contributed by atoms with Gasteiger partial charge >= 0.3 is 12.4 Å². The number of hydrogen-bond acceptors (Lipinski definition) is 5. The molecule has 2 aromatic carbocycles. The summed E-state index contributed by atoms with van der Waals surface area (Å²) in [6.07, 6.45) is -8.53. The first-order valence-electron chi connectivity index (χ1n) is 9.94. The Bertz CT molecular complexity index is 1730. The van der Waals surface area contributed by atoms with Crippen LogP contribution in [0.3, 0.4) is 0 Å². The first-order valence-corrected chi connectivity index (χ1v) is 9.94. The minimum absolute atomic E-state index is 0.0409. The van der Waals surface area contributed by atoms with Gasteiger partial charge in [0.15, 0.2) is 17.3 Å². The van der Waals surface area contributed by atoms with Crippen molar-refractivity contribution in [1.82, 2.24) is 25.0 Å². The average Bonchev–Trinajstić information content (AvgIpc) is 3.42. The number of amides is 1. The maximum absolute atomic E-state index is 14.2. The quantitative estimate of drug-likeness (QED) is 0.364. The molecule has 0 aliphatic heterocycles. The first-order chi connectivity index (χ1) is 17.0. The van der Waals surface area contributed by atoms with Crippen molar-refractivity contribution in [2.24, 2.45) is 0 Å².